The average molecular weight is 231 g/mol. The molecule has 88 valence electrons. The van der Waals surface area contributed by atoms with E-state index in [2.05, 4.69) is 11.2 Å². The smallest absolute Gasteiger partial charge is 0.330 e. The Balaban J connectivity index is 2.72. The summed E-state index contributed by atoms with van der Waals surface area (Å²) in [4.78, 5) is 22.5. The topological polar surface area (TPSA) is 66.4 Å². The van der Waals surface area contributed by atoms with Crippen molar-refractivity contribution in [2.24, 2.45) is 0 Å². The Hall–Kier alpha value is -2.28. The third-order valence-electron chi connectivity index (χ3n) is 2.18. The first kappa shape index (κ1) is 12.8. The Bertz CT molecular complexity index is 434. The Labute approximate surface area is 99.7 Å². The molecule has 0 aliphatic rings. The summed E-state index contributed by atoms with van der Waals surface area (Å²) < 4.78 is 0. The van der Waals surface area contributed by atoms with E-state index in [4.69, 9.17) is 11.5 Å². The van der Waals surface area contributed by atoms with E-state index in [0.29, 0.717) is 12.0 Å². The number of nitrogens with one attached hydrogen (secondary N) is 1. The van der Waals surface area contributed by atoms with Gasteiger partial charge in [-0.1, -0.05) is 30.3 Å². The average Bonchev–Trinajstić information content (AvgIpc) is 2.34. The number of amides is 1. The van der Waals surface area contributed by atoms with Gasteiger partial charge in [-0.2, -0.15) is 0 Å². The van der Waals surface area contributed by atoms with Crippen LogP contribution in [0.15, 0.2) is 30.3 Å². The molecule has 0 unspecified atom stereocenters. The second-order valence-corrected chi connectivity index (χ2v) is 3.45. The Morgan fingerprint density at radius 3 is 2.53 bits per heavy atom. The van der Waals surface area contributed by atoms with Crippen LogP contribution in [-0.4, -0.2) is 17.0 Å². The predicted octanol–water partition coefficient (Wildman–Crippen LogP) is 1.34. The van der Waals surface area contributed by atoms with Gasteiger partial charge >= 0.3 is 5.97 Å². The zero-order valence-corrected chi connectivity index (χ0v) is 9.22. The van der Waals surface area contributed by atoms with Crippen LogP contribution in [0, 0.1) is 12.3 Å². The Morgan fingerprint density at radius 2 is 2.00 bits per heavy atom. The van der Waals surface area contributed by atoms with E-state index in [-0.39, 0.29) is 12.3 Å². The van der Waals surface area contributed by atoms with E-state index in [1.807, 2.05) is 0 Å². The van der Waals surface area contributed by atoms with Crippen molar-refractivity contribution in [3.05, 3.63) is 35.9 Å². The first-order chi connectivity index (χ1) is 8.15. The molecule has 0 radical (unpaired) electrons. The van der Waals surface area contributed by atoms with E-state index in [9.17, 15) is 9.59 Å². The minimum absolute atomic E-state index is 0.132. The standard InChI is InChI=1S/C13H13NO3/c1-2-3-9-11(15)14-12(13(16)17)10-7-5-4-6-8-10/h1,4-8,12H,3,9H2,(H,14,15)(H,16,17)/t12-/m0/s1. The van der Waals surface area contributed by atoms with Crippen LogP contribution >= 0.6 is 0 Å². The fourth-order valence-electron chi connectivity index (χ4n) is 1.35. The second kappa shape index (κ2) is 6.33. The molecule has 0 aliphatic heterocycles. The number of carboxylic acids is 1. The lowest BCUT2D eigenvalue weighted by atomic mass is 10.1. The SMILES string of the molecule is C#CCCC(=O)N[C@H](C(=O)O)c1ccccc1. The van der Waals surface area contributed by atoms with Gasteiger partial charge in [0.05, 0.1) is 0 Å². The van der Waals surface area contributed by atoms with Crippen molar-refractivity contribution in [2.75, 3.05) is 0 Å². The molecule has 2 N–H and O–H groups in total. The molecular weight excluding hydrogens is 218 g/mol. The summed E-state index contributed by atoms with van der Waals surface area (Å²) in [5, 5.41) is 11.5. The molecule has 0 spiro atoms. The number of benzene rings is 1. The van der Waals surface area contributed by atoms with Gasteiger partial charge in [0.2, 0.25) is 5.91 Å². The zero-order chi connectivity index (χ0) is 12.7. The van der Waals surface area contributed by atoms with E-state index in [1.54, 1.807) is 30.3 Å². The van der Waals surface area contributed by atoms with Crippen LogP contribution in [0.2, 0.25) is 0 Å². The van der Waals surface area contributed by atoms with Crippen LogP contribution in [0.4, 0.5) is 0 Å². The molecule has 17 heavy (non-hydrogen) atoms. The van der Waals surface area contributed by atoms with E-state index >= 15 is 0 Å². The molecule has 1 aromatic carbocycles. The highest BCUT2D eigenvalue weighted by Crippen LogP contribution is 2.12. The number of aliphatic carboxylic acids is 1. The van der Waals surface area contributed by atoms with Crippen molar-refractivity contribution in [1.82, 2.24) is 5.32 Å². The largest absolute Gasteiger partial charge is 0.479 e. The third-order valence-corrected chi connectivity index (χ3v) is 2.18. The van der Waals surface area contributed by atoms with Gasteiger partial charge in [-0.25, -0.2) is 4.79 Å². The fourth-order valence-corrected chi connectivity index (χ4v) is 1.35. The maximum atomic E-state index is 11.4. The van der Waals surface area contributed by atoms with Gasteiger partial charge in [-0.05, 0) is 5.56 Å². The molecule has 0 heterocycles. The van der Waals surface area contributed by atoms with E-state index < -0.39 is 12.0 Å². The molecule has 0 aliphatic carbocycles. The monoisotopic (exact) mass is 231 g/mol. The molecule has 4 nitrogen and oxygen atoms in total. The van der Waals surface area contributed by atoms with Gasteiger partial charge in [0.1, 0.15) is 0 Å². The number of hydrogen-bond acceptors (Lipinski definition) is 2. The molecule has 1 aromatic rings. The quantitative estimate of drug-likeness (QED) is 0.751. The first-order valence-electron chi connectivity index (χ1n) is 5.15. The van der Waals surface area contributed by atoms with Crippen LogP contribution in [-0.2, 0) is 9.59 Å². The Morgan fingerprint density at radius 1 is 1.35 bits per heavy atom. The summed E-state index contributed by atoms with van der Waals surface area (Å²) in [5.41, 5.74) is 0.536. The molecule has 0 saturated carbocycles. The maximum Gasteiger partial charge on any atom is 0.330 e. The molecular formula is C13H13NO3. The summed E-state index contributed by atoms with van der Waals surface area (Å²) in [6, 6.07) is 7.50. The lowest BCUT2D eigenvalue weighted by molar-refractivity contribution is -0.142. The lowest BCUT2D eigenvalue weighted by Crippen LogP contribution is -2.33. The normalized spacial score (nSPS) is 11.2. The minimum atomic E-state index is -1.09. The molecule has 0 aromatic heterocycles. The lowest BCUT2D eigenvalue weighted by Gasteiger charge is -2.14. The highest BCUT2D eigenvalue weighted by Gasteiger charge is 2.21. The summed E-state index contributed by atoms with van der Waals surface area (Å²) in [6.45, 7) is 0. The van der Waals surface area contributed by atoms with Crippen LogP contribution in [0.5, 0.6) is 0 Å². The van der Waals surface area contributed by atoms with Gasteiger partial charge in [0, 0.05) is 12.8 Å². The molecule has 0 bridgehead atoms. The summed E-state index contributed by atoms with van der Waals surface area (Å²) in [6.07, 6.45) is 5.46. The van der Waals surface area contributed by atoms with E-state index in [1.165, 1.54) is 0 Å². The van der Waals surface area contributed by atoms with Crippen molar-refractivity contribution < 1.29 is 14.7 Å². The van der Waals surface area contributed by atoms with Gasteiger partial charge in [-0.15, -0.1) is 12.3 Å². The maximum absolute atomic E-state index is 11.4. The third kappa shape index (κ3) is 3.99. The Kier molecular flexibility index (Phi) is 4.77. The molecule has 1 amide bonds. The van der Waals surface area contributed by atoms with Crippen molar-refractivity contribution in [3.8, 4) is 12.3 Å². The molecule has 0 saturated heterocycles. The van der Waals surface area contributed by atoms with Crippen molar-refractivity contribution in [1.29, 1.82) is 0 Å². The summed E-state index contributed by atoms with van der Waals surface area (Å²) in [7, 11) is 0. The van der Waals surface area contributed by atoms with Crippen molar-refractivity contribution in [2.45, 2.75) is 18.9 Å². The van der Waals surface area contributed by atoms with Gasteiger partial charge in [-0.3, -0.25) is 4.79 Å². The zero-order valence-electron chi connectivity index (χ0n) is 9.22. The number of carboxylic acid groups (broad SMARTS) is 1. The predicted molar refractivity (Wildman–Crippen MR) is 63.0 cm³/mol. The van der Waals surface area contributed by atoms with Crippen LogP contribution in [0.25, 0.3) is 0 Å². The molecule has 4 heteroatoms. The molecule has 1 atom stereocenters. The molecule has 0 fully saturated rings. The summed E-state index contributed by atoms with van der Waals surface area (Å²) >= 11 is 0. The number of rotatable bonds is 5. The van der Waals surface area contributed by atoms with Gasteiger partial charge in [0.15, 0.2) is 6.04 Å². The van der Waals surface area contributed by atoms with Crippen LogP contribution in [0.1, 0.15) is 24.4 Å². The fraction of sp³-hybridized carbons (Fsp3) is 0.231. The number of carbonyl (C=O) groups is 2. The van der Waals surface area contributed by atoms with Crippen molar-refractivity contribution >= 4 is 11.9 Å². The van der Waals surface area contributed by atoms with E-state index in [0.717, 1.165) is 0 Å². The molecule has 1 rings (SSSR count). The van der Waals surface area contributed by atoms with Crippen molar-refractivity contribution in [3.63, 3.8) is 0 Å². The summed E-state index contributed by atoms with van der Waals surface area (Å²) in [5.74, 6) is 0.878. The number of carbonyl (C=O) groups excluding carboxylic acids is 1. The van der Waals surface area contributed by atoms with Crippen LogP contribution < -0.4 is 5.32 Å². The highest BCUT2D eigenvalue weighted by molar-refractivity contribution is 5.84. The first-order valence-corrected chi connectivity index (χ1v) is 5.15. The highest BCUT2D eigenvalue weighted by atomic mass is 16.4. The van der Waals surface area contributed by atoms with Gasteiger partial charge < -0.3 is 10.4 Å². The van der Waals surface area contributed by atoms with Crippen LogP contribution in [0.3, 0.4) is 0 Å². The number of terminal acetylenes is 1. The second-order valence-electron chi connectivity index (χ2n) is 3.45. The number of hydrogen-bond donors (Lipinski definition) is 2. The minimum Gasteiger partial charge on any atom is -0.479 e. The van der Waals surface area contributed by atoms with Gasteiger partial charge in [0.25, 0.3) is 0 Å².